The average molecular weight is 435 g/mol. The lowest BCUT2D eigenvalue weighted by Gasteiger charge is -2.36. The van der Waals surface area contributed by atoms with Crippen LogP contribution in [0.2, 0.25) is 0 Å². The summed E-state index contributed by atoms with van der Waals surface area (Å²) in [5, 5.41) is 3.47. The Morgan fingerprint density at radius 1 is 1.35 bits per heavy atom. The normalized spacial score (nSPS) is 16.0. The van der Waals surface area contributed by atoms with Gasteiger partial charge in [-0.25, -0.2) is 9.78 Å². The van der Waals surface area contributed by atoms with Crippen molar-refractivity contribution >= 4 is 12.1 Å². The maximum Gasteiger partial charge on any atom is 0.410 e. The summed E-state index contributed by atoms with van der Waals surface area (Å²) in [6, 6.07) is 0. The SMILES string of the molecule is CCN(CC1CCN(C(=NC)NCc2nccn2CC(C)C)CC1)C(=O)OC(C)(C)C. The van der Waals surface area contributed by atoms with E-state index in [4.69, 9.17) is 4.74 Å². The Hall–Kier alpha value is -2.25. The molecule has 0 spiro atoms. The zero-order valence-corrected chi connectivity index (χ0v) is 20.5. The van der Waals surface area contributed by atoms with E-state index in [0.29, 0.717) is 24.9 Å². The number of imidazole rings is 1. The van der Waals surface area contributed by atoms with E-state index in [1.165, 1.54) is 0 Å². The summed E-state index contributed by atoms with van der Waals surface area (Å²) < 4.78 is 7.75. The number of aliphatic imine (C=N–C) groups is 1. The third-order valence-electron chi connectivity index (χ3n) is 5.41. The van der Waals surface area contributed by atoms with Crippen molar-refractivity contribution in [2.45, 2.75) is 73.1 Å². The summed E-state index contributed by atoms with van der Waals surface area (Å²) in [6.07, 6.45) is 5.74. The fourth-order valence-corrected chi connectivity index (χ4v) is 3.86. The summed E-state index contributed by atoms with van der Waals surface area (Å²) in [4.78, 5) is 25.5. The van der Waals surface area contributed by atoms with Crippen molar-refractivity contribution in [2.24, 2.45) is 16.8 Å². The van der Waals surface area contributed by atoms with Crippen molar-refractivity contribution in [3.05, 3.63) is 18.2 Å². The molecule has 0 aliphatic carbocycles. The van der Waals surface area contributed by atoms with Crippen molar-refractivity contribution in [1.82, 2.24) is 24.7 Å². The number of piperidine rings is 1. The summed E-state index contributed by atoms with van der Waals surface area (Å²) in [5.74, 6) is 3.00. The number of guanidine groups is 1. The molecule has 0 atom stereocenters. The third kappa shape index (κ3) is 8.07. The van der Waals surface area contributed by atoms with Gasteiger partial charge in [-0.05, 0) is 52.4 Å². The molecule has 1 aromatic heterocycles. The molecular weight excluding hydrogens is 392 g/mol. The van der Waals surface area contributed by atoms with Gasteiger partial charge >= 0.3 is 6.09 Å². The maximum atomic E-state index is 12.4. The number of carbonyl (C=O) groups excluding carboxylic acids is 1. The number of nitrogens with one attached hydrogen (secondary N) is 1. The minimum Gasteiger partial charge on any atom is -0.444 e. The monoisotopic (exact) mass is 434 g/mol. The molecule has 0 saturated carbocycles. The van der Waals surface area contributed by atoms with Gasteiger partial charge in [-0.1, -0.05) is 13.8 Å². The predicted octanol–water partition coefficient (Wildman–Crippen LogP) is 3.58. The fraction of sp³-hybridized carbons (Fsp3) is 0.783. The molecule has 0 unspecified atom stereocenters. The number of hydrogen-bond acceptors (Lipinski definition) is 4. The lowest BCUT2D eigenvalue weighted by Crippen LogP contribution is -2.47. The Balaban J connectivity index is 1.84. The minimum absolute atomic E-state index is 0.216. The smallest absolute Gasteiger partial charge is 0.410 e. The molecule has 31 heavy (non-hydrogen) atoms. The van der Waals surface area contributed by atoms with Crippen LogP contribution in [-0.4, -0.2) is 70.2 Å². The third-order valence-corrected chi connectivity index (χ3v) is 5.41. The highest BCUT2D eigenvalue weighted by molar-refractivity contribution is 5.79. The molecule has 1 aliphatic rings. The summed E-state index contributed by atoms with van der Waals surface area (Å²) in [7, 11) is 1.83. The Morgan fingerprint density at radius 3 is 2.58 bits per heavy atom. The Morgan fingerprint density at radius 2 is 2.03 bits per heavy atom. The van der Waals surface area contributed by atoms with Crippen LogP contribution in [0, 0.1) is 11.8 Å². The maximum absolute atomic E-state index is 12.4. The van der Waals surface area contributed by atoms with Crippen LogP contribution in [0.1, 0.15) is 60.2 Å². The lowest BCUT2D eigenvalue weighted by molar-refractivity contribution is 0.0214. The van der Waals surface area contributed by atoms with Gasteiger partial charge in [-0.15, -0.1) is 0 Å². The highest BCUT2D eigenvalue weighted by Gasteiger charge is 2.27. The van der Waals surface area contributed by atoms with Gasteiger partial charge in [0.05, 0.1) is 6.54 Å². The van der Waals surface area contributed by atoms with Gasteiger partial charge in [-0.2, -0.15) is 0 Å². The van der Waals surface area contributed by atoms with Gasteiger partial charge in [0.1, 0.15) is 11.4 Å². The van der Waals surface area contributed by atoms with Crippen LogP contribution >= 0.6 is 0 Å². The number of amides is 1. The molecule has 0 radical (unpaired) electrons. The average Bonchev–Trinajstić information content (AvgIpc) is 3.12. The number of ether oxygens (including phenoxy) is 1. The first-order valence-electron chi connectivity index (χ1n) is 11.6. The molecule has 8 heteroatoms. The Kier molecular flexibility index (Phi) is 9.19. The molecule has 1 amide bonds. The number of carbonyl (C=O) groups is 1. The molecule has 176 valence electrons. The number of hydrogen-bond donors (Lipinski definition) is 1. The van der Waals surface area contributed by atoms with Gasteiger partial charge in [-0.3, -0.25) is 4.99 Å². The second-order valence-corrected chi connectivity index (χ2v) is 9.74. The van der Waals surface area contributed by atoms with Crippen LogP contribution in [0.25, 0.3) is 0 Å². The summed E-state index contributed by atoms with van der Waals surface area (Å²) >= 11 is 0. The second kappa shape index (κ2) is 11.4. The van der Waals surface area contributed by atoms with Crippen LogP contribution in [0.15, 0.2) is 17.4 Å². The topological polar surface area (TPSA) is 75.0 Å². The second-order valence-electron chi connectivity index (χ2n) is 9.74. The van der Waals surface area contributed by atoms with E-state index in [1.807, 2.05) is 52.0 Å². The van der Waals surface area contributed by atoms with E-state index in [-0.39, 0.29) is 6.09 Å². The lowest BCUT2D eigenvalue weighted by atomic mass is 9.96. The first-order chi connectivity index (χ1) is 14.6. The number of likely N-dealkylation sites (tertiary alicyclic amines) is 1. The van der Waals surface area contributed by atoms with Crippen molar-refractivity contribution in [1.29, 1.82) is 0 Å². The highest BCUT2D eigenvalue weighted by Crippen LogP contribution is 2.20. The molecule has 1 saturated heterocycles. The van der Waals surface area contributed by atoms with E-state index in [9.17, 15) is 4.79 Å². The molecule has 1 N–H and O–H groups in total. The van der Waals surface area contributed by atoms with Gasteiger partial charge < -0.3 is 24.4 Å². The van der Waals surface area contributed by atoms with E-state index in [1.54, 1.807) is 0 Å². The van der Waals surface area contributed by atoms with E-state index >= 15 is 0 Å². The van der Waals surface area contributed by atoms with Crippen LogP contribution < -0.4 is 5.32 Å². The van der Waals surface area contributed by atoms with Gasteiger partial charge in [0.2, 0.25) is 0 Å². The molecule has 2 rings (SSSR count). The molecule has 0 bridgehead atoms. The first-order valence-corrected chi connectivity index (χ1v) is 11.6. The van der Waals surface area contributed by atoms with Crippen LogP contribution in [-0.2, 0) is 17.8 Å². The van der Waals surface area contributed by atoms with Crippen molar-refractivity contribution in [3.8, 4) is 0 Å². The number of nitrogens with zero attached hydrogens (tertiary/aromatic N) is 5. The number of rotatable bonds is 7. The minimum atomic E-state index is -0.462. The quantitative estimate of drug-likeness (QED) is 0.524. The largest absolute Gasteiger partial charge is 0.444 e. The van der Waals surface area contributed by atoms with Crippen molar-refractivity contribution in [2.75, 3.05) is 33.2 Å². The van der Waals surface area contributed by atoms with E-state index in [2.05, 4.69) is 38.6 Å². The van der Waals surface area contributed by atoms with Gasteiger partial charge in [0.25, 0.3) is 0 Å². The zero-order valence-electron chi connectivity index (χ0n) is 20.5. The molecule has 1 fully saturated rings. The van der Waals surface area contributed by atoms with E-state index < -0.39 is 5.60 Å². The standard InChI is InChI=1S/C23H42N6O2/c1-8-27(22(30)31-23(4,5)6)17-19-9-12-28(13-10-19)21(24-7)26-15-20-25-11-14-29(20)16-18(2)3/h11,14,18-19H,8-10,12-13,15-17H2,1-7H3,(H,24,26). The number of aromatic nitrogens is 2. The molecule has 2 heterocycles. The van der Waals surface area contributed by atoms with Crippen molar-refractivity contribution in [3.63, 3.8) is 0 Å². The van der Waals surface area contributed by atoms with Crippen molar-refractivity contribution < 1.29 is 9.53 Å². The van der Waals surface area contributed by atoms with Crippen LogP contribution in [0.4, 0.5) is 4.79 Å². The molecular formula is C23H42N6O2. The predicted molar refractivity (Wildman–Crippen MR) is 125 cm³/mol. The zero-order chi connectivity index (χ0) is 23.0. The van der Waals surface area contributed by atoms with Crippen LogP contribution in [0.5, 0.6) is 0 Å². The van der Waals surface area contributed by atoms with E-state index in [0.717, 1.165) is 50.8 Å². The molecule has 1 aromatic rings. The van der Waals surface area contributed by atoms with Gasteiger partial charge in [0.15, 0.2) is 5.96 Å². The molecule has 1 aliphatic heterocycles. The Labute approximate surface area is 188 Å². The fourth-order valence-electron chi connectivity index (χ4n) is 3.86. The summed E-state index contributed by atoms with van der Waals surface area (Å²) in [6.45, 7) is 17.1. The summed E-state index contributed by atoms with van der Waals surface area (Å²) in [5.41, 5.74) is -0.462. The van der Waals surface area contributed by atoms with Gasteiger partial charge in [0, 0.05) is 52.2 Å². The first kappa shape index (κ1) is 25.0. The highest BCUT2D eigenvalue weighted by atomic mass is 16.6. The molecule has 8 nitrogen and oxygen atoms in total. The molecule has 0 aromatic carbocycles. The van der Waals surface area contributed by atoms with Crippen LogP contribution in [0.3, 0.4) is 0 Å². The Bertz CT molecular complexity index is 714.